The van der Waals surface area contributed by atoms with Crippen molar-refractivity contribution in [1.29, 1.82) is 0 Å². The first-order chi connectivity index (χ1) is 14.2. The number of carbonyl (C=O) groups is 1. The number of amides is 1. The van der Waals surface area contributed by atoms with Crippen LogP contribution in [0.2, 0.25) is 0 Å². The minimum atomic E-state index is 0.119. The summed E-state index contributed by atoms with van der Waals surface area (Å²) < 4.78 is 1.89. The standard InChI is InChI=1S/C21H25N7O/c1-15-11-22-21(23-12-15)26-8-9-27-18(13-26)10-16(20(27)29)4-2-5-17-6-3-7-19-24-14-25-28(17)19/h3,6-7,11-12,14,16,18H,2,4-5,8-10,13H2,1H3/t16-,18-/m0/s1. The Bertz CT molecular complexity index is 1020. The number of aromatic nitrogens is 5. The van der Waals surface area contributed by atoms with Crippen LogP contribution in [0.25, 0.3) is 5.65 Å². The van der Waals surface area contributed by atoms with Gasteiger partial charge in [-0.05, 0) is 50.3 Å². The topological polar surface area (TPSA) is 79.5 Å². The molecule has 0 spiro atoms. The van der Waals surface area contributed by atoms with E-state index < -0.39 is 0 Å². The summed E-state index contributed by atoms with van der Waals surface area (Å²) in [6, 6.07) is 6.33. The van der Waals surface area contributed by atoms with Crippen LogP contribution in [-0.2, 0) is 11.2 Å². The molecule has 3 aromatic rings. The molecule has 0 bridgehead atoms. The molecule has 2 aliphatic rings. The van der Waals surface area contributed by atoms with Crippen molar-refractivity contribution in [3.63, 3.8) is 0 Å². The Hall–Kier alpha value is -3.03. The molecule has 0 N–H and O–H groups in total. The molecule has 150 valence electrons. The minimum absolute atomic E-state index is 0.119. The van der Waals surface area contributed by atoms with Gasteiger partial charge in [0, 0.05) is 43.6 Å². The van der Waals surface area contributed by atoms with Crippen LogP contribution in [0.15, 0.2) is 36.9 Å². The molecule has 5 rings (SSSR count). The van der Waals surface area contributed by atoms with Gasteiger partial charge in [-0.25, -0.2) is 19.5 Å². The van der Waals surface area contributed by atoms with E-state index >= 15 is 0 Å². The fraction of sp³-hybridized carbons (Fsp3) is 0.476. The van der Waals surface area contributed by atoms with Crippen LogP contribution in [0.4, 0.5) is 5.95 Å². The lowest BCUT2D eigenvalue weighted by molar-refractivity contribution is -0.132. The molecule has 1 amide bonds. The average molecular weight is 391 g/mol. The molecule has 2 aliphatic heterocycles. The van der Waals surface area contributed by atoms with E-state index in [4.69, 9.17) is 0 Å². The van der Waals surface area contributed by atoms with E-state index in [0.29, 0.717) is 5.91 Å². The van der Waals surface area contributed by atoms with Gasteiger partial charge in [0.05, 0.1) is 6.04 Å². The number of carbonyl (C=O) groups excluding carboxylic acids is 1. The lowest BCUT2D eigenvalue weighted by Gasteiger charge is -2.37. The third-order valence-electron chi connectivity index (χ3n) is 6.09. The lowest BCUT2D eigenvalue weighted by atomic mass is 9.97. The van der Waals surface area contributed by atoms with Gasteiger partial charge in [-0.3, -0.25) is 4.79 Å². The molecular weight excluding hydrogens is 366 g/mol. The SMILES string of the molecule is Cc1cnc(N2CCN3C(=O)[C@@H](CCCc4cccc5ncnn45)C[C@H]3C2)nc1. The monoisotopic (exact) mass is 391 g/mol. The van der Waals surface area contributed by atoms with Gasteiger partial charge in [-0.1, -0.05) is 6.07 Å². The van der Waals surface area contributed by atoms with Crippen LogP contribution in [0.3, 0.4) is 0 Å². The molecule has 0 unspecified atom stereocenters. The fourth-order valence-electron chi connectivity index (χ4n) is 4.60. The van der Waals surface area contributed by atoms with E-state index in [1.807, 2.05) is 36.0 Å². The van der Waals surface area contributed by atoms with Gasteiger partial charge in [-0.2, -0.15) is 5.10 Å². The summed E-state index contributed by atoms with van der Waals surface area (Å²) in [5.74, 6) is 1.21. The molecule has 0 aliphatic carbocycles. The number of anilines is 1. The van der Waals surface area contributed by atoms with Crippen LogP contribution in [0.1, 0.15) is 30.5 Å². The molecular formula is C21H25N7O. The summed E-state index contributed by atoms with van der Waals surface area (Å²) in [5.41, 5.74) is 3.07. The second kappa shape index (κ2) is 7.42. The molecule has 0 radical (unpaired) electrons. The quantitative estimate of drug-likeness (QED) is 0.661. The Labute approximate surface area is 169 Å². The normalized spacial score (nSPS) is 21.8. The third-order valence-corrected chi connectivity index (χ3v) is 6.09. The van der Waals surface area contributed by atoms with Crippen LogP contribution < -0.4 is 4.90 Å². The largest absolute Gasteiger partial charge is 0.337 e. The van der Waals surface area contributed by atoms with Gasteiger partial charge in [0.1, 0.15) is 6.33 Å². The number of fused-ring (bicyclic) bond motifs is 2. The molecule has 5 heterocycles. The number of aryl methyl sites for hydroxylation is 2. The predicted molar refractivity (Wildman–Crippen MR) is 109 cm³/mol. The molecule has 0 aromatic carbocycles. The highest BCUT2D eigenvalue weighted by Crippen LogP contribution is 2.32. The molecule has 2 atom stereocenters. The van der Waals surface area contributed by atoms with Crippen molar-refractivity contribution in [2.24, 2.45) is 5.92 Å². The van der Waals surface area contributed by atoms with E-state index in [1.54, 1.807) is 6.33 Å². The Balaban J connectivity index is 1.19. The Morgan fingerprint density at radius 1 is 1.14 bits per heavy atom. The summed E-state index contributed by atoms with van der Waals surface area (Å²) in [6.45, 7) is 4.37. The Morgan fingerprint density at radius 2 is 2.00 bits per heavy atom. The zero-order valence-corrected chi connectivity index (χ0v) is 16.6. The van der Waals surface area contributed by atoms with Crippen molar-refractivity contribution in [2.45, 2.75) is 38.6 Å². The number of hydrogen-bond donors (Lipinski definition) is 0. The molecule has 8 nitrogen and oxygen atoms in total. The van der Waals surface area contributed by atoms with Crippen LogP contribution >= 0.6 is 0 Å². The highest BCUT2D eigenvalue weighted by Gasteiger charge is 2.42. The number of nitrogens with zero attached hydrogens (tertiary/aromatic N) is 7. The maximum atomic E-state index is 12.9. The highest BCUT2D eigenvalue weighted by molar-refractivity contribution is 5.82. The highest BCUT2D eigenvalue weighted by atomic mass is 16.2. The minimum Gasteiger partial charge on any atom is -0.337 e. The summed E-state index contributed by atoms with van der Waals surface area (Å²) >= 11 is 0. The van der Waals surface area contributed by atoms with Gasteiger partial charge in [0.2, 0.25) is 11.9 Å². The van der Waals surface area contributed by atoms with Crippen molar-refractivity contribution in [2.75, 3.05) is 24.5 Å². The van der Waals surface area contributed by atoms with E-state index in [9.17, 15) is 4.79 Å². The third kappa shape index (κ3) is 3.43. The summed E-state index contributed by atoms with van der Waals surface area (Å²) in [6.07, 6.45) is 9.01. The number of hydrogen-bond acceptors (Lipinski definition) is 6. The molecule has 8 heteroatoms. The maximum Gasteiger partial charge on any atom is 0.226 e. The van der Waals surface area contributed by atoms with Gasteiger partial charge in [0.25, 0.3) is 0 Å². The van der Waals surface area contributed by atoms with Crippen molar-refractivity contribution in [1.82, 2.24) is 29.5 Å². The predicted octanol–water partition coefficient (Wildman–Crippen LogP) is 1.89. The first kappa shape index (κ1) is 18.0. The molecule has 2 fully saturated rings. The van der Waals surface area contributed by atoms with E-state index in [-0.39, 0.29) is 12.0 Å². The van der Waals surface area contributed by atoms with E-state index in [0.717, 1.165) is 68.2 Å². The average Bonchev–Trinajstić information content (AvgIpc) is 3.34. The van der Waals surface area contributed by atoms with E-state index in [1.165, 1.54) is 0 Å². The Morgan fingerprint density at radius 3 is 2.86 bits per heavy atom. The van der Waals surface area contributed by atoms with Gasteiger partial charge >= 0.3 is 0 Å². The molecule has 2 saturated heterocycles. The summed E-state index contributed by atoms with van der Waals surface area (Å²) in [7, 11) is 0. The second-order valence-corrected chi connectivity index (χ2v) is 8.06. The van der Waals surface area contributed by atoms with Gasteiger partial charge in [0.15, 0.2) is 5.65 Å². The first-order valence-corrected chi connectivity index (χ1v) is 10.3. The second-order valence-electron chi connectivity index (χ2n) is 8.06. The zero-order chi connectivity index (χ0) is 19.8. The summed E-state index contributed by atoms with van der Waals surface area (Å²) in [4.78, 5) is 30.3. The first-order valence-electron chi connectivity index (χ1n) is 10.3. The molecule has 0 saturated carbocycles. The number of rotatable bonds is 5. The van der Waals surface area contributed by atoms with Crippen molar-refractivity contribution < 1.29 is 4.79 Å². The molecule has 3 aromatic heterocycles. The maximum absolute atomic E-state index is 12.9. The van der Waals surface area contributed by atoms with Crippen molar-refractivity contribution in [3.05, 3.63) is 48.2 Å². The van der Waals surface area contributed by atoms with Gasteiger partial charge < -0.3 is 9.80 Å². The van der Waals surface area contributed by atoms with Crippen LogP contribution in [-0.4, -0.2) is 61.0 Å². The van der Waals surface area contributed by atoms with Crippen LogP contribution in [0, 0.1) is 12.8 Å². The van der Waals surface area contributed by atoms with Crippen molar-refractivity contribution in [3.8, 4) is 0 Å². The van der Waals surface area contributed by atoms with Crippen molar-refractivity contribution >= 4 is 17.5 Å². The Kier molecular flexibility index (Phi) is 4.61. The summed E-state index contributed by atoms with van der Waals surface area (Å²) in [5, 5.41) is 4.30. The van der Waals surface area contributed by atoms with E-state index in [2.05, 4.69) is 35.9 Å². The smallest absolute Gasteiger partial charge is 0.226 e. The lowest BCUT2D eigenvalue weighted by Crippen LogP contribution is -2.52. The van der Waals surface area contributed by atoms with Gasteiger partial charge in [-0.15, -0.1) is 0 Å². The number of pyridine rings is 1. The fourth-order valence-corrected chi connectivity index (χ4v) is 4.60. The number of piperazine rings is 1. The van der Waals surface area contributed by atoms with Crippen LogP contribution in [0.5, 0.6) is 0 Å². The zero-order valence-electron chi connectivity index (χ0n) is 16.6. The molecule has 29 heavy (non-hydrogen) atoms.